The maximum Gasteiger partial charge on any atom is 0.446 e. The van der Waals surface area contributed by atoms with Gasteiger partial charge < -0.3 is 10.4 Å². The van der Waals surface area contributed by atoms with E-state index < -0.39 is 5.51 Å². The molecule has 0 spiro atoms. The van der Waals surface area contributed by atoms with Crippen LogP contribution in [0.15, 0.2) is 29.2 Å². The van der Waals surface area contributed by atoms with Crippen LogP contribution in [0.4, 0.5) is 13.2 Å². The molecule has 1 aliphatic carbocycles. The van der Waals surface area contributed by atoms with Crippen molar-refractivity contribution in [3.8, 4) is 0 Å². The van der Waals surface area contributed by atoms with Crippen LogP contribution in [-0.4, -0.2) is 22.8 Å². The third kappa shape index (κ3) is 5.00. The van der Waals surface area contributed by atoms with Gasteiger partial charge in [0.1, 0.15) is 0 Å². The van der Waals surface area contributed by atoms with Crippen LogP contribution in [-0.2, 0) is 6.54 Å². The monoisotopic (exact) mass is 305 g/mol. The standard InChI is InChI=1S/C14H18F3NOS/c15-14(16,17)20-11-7-5-10(6-8-11)9-18-12-3-1-2-4-13(12)19/h5-8,12-13,18-19H,1-4,9H2/t12-,13-/m1/s1. The van der Waals surface area contributed by atoms with Gasteiger partial charge in [0.15, 0.2) is 0 Å². The van der Waals surface area contributed by atoms with Gasteiger partial charge >= 0.3 is 5.51 Å². The van der Waals surface area contributed by atoms with Crippen molar-refractivity contribution in [2.45, 2.75) is 54.8 Å². The van der Waals surface area contributed by atoms with E-state index in [1.54, 1.807) is 12.1 Å². The number of nitrogens with one attached hydrogen (secondary N) is 1. The molecular weight excluding hydrogens is 287 g/mol. The minimum Gasteiger partial charge on any atom is -0.392 e. The van der Waals surface area contributed by atoms with E-state index in [0.717, 1.165) is 31.2 Å². The molecule has 2 N–H and O–H groups in total. The van der Waals surface area contributed by atoms with Crippen LogP contribution in [0.1, 0.15) is 31.2 Å². The summed E-state index contributed by atoms with van der Waals surface area (Å²) in [6, 6.07) is 6.43. The second-order valence-corrected chi connectivity index (χ2v) is 6.17. The zero-order valence-corrected chi connectivity index (χ0v) is 11.8. The summed E-state index contributed by atoms with van der Waals surface area (Å²) >= 11 is -0.104. The average Bonchev–Trinajstić information content (AvgIpc) is 2.38. The van der Waals surface area contributed by atoms with E-state index in [2.05, 4.69) is 5.32 Å². The number of halogens is 3. The third-order valence-electron chi connectivity index (χ3n) is 3.45. The maximum absolute atomic E-state index is 12.2. The van der Waals surface area contributed by atoms with Gasteiger partial charge in [0, 0.05) is 17.5 Å². The Hall–Kier alpha value is -0.720. The second-order valence-electron chi connectivity index (χ2n) is 5.03. The highest BCUT2D eigenvalue weighted by atomic mass is 32.2. The first-order valence-electron chi connectivity index (χ1n) is 6.70. The van der Waals surface area contributed by atoms with Crippen molar-refractivity contribution in [1.29, 1.82) is 0 Å². The Kier molecular flexibility index (Phi) is 5.35. The number of aliphatic hydroxyl groups is 1. The summed E-state index contributed by atoms with van der Waals surface area (Å²) in [5.74, 6) is 0. The molecular formula is C14H18F3NOS. The zero-order chi connectivity index (χ0) is 14.6. The Morgan fingerprint density at radius 2 is 1.80 bits per heavy atom. The van der Waals surface area contributed by atoms with Crippen molar-refractivity contribution in [3.05, 3.63) is 29.8 Å². The molecule has 2 rings (SSSR count). The van der Waals surface area contributed by atoms with E-state index in [4.69, 9.17) is 0 Å². The summed E-state index contributed by atoms with van der Waals surface area (Å²) in [6.45, 7) is 0.568. The first-order chi connectivity index (χ1) is 9.44. The number of benzene rings is 1. The molecule has 0 aromatic heterocycles. The van der Waals surface area contributed by atoms with E-state index in [0.29, 0.717) is 6.54 Å². The lowest BCUT2D eigenvalue weighted by Gasteiger charge is -2.28. The number of aliphatic hydroxyl groups excluding tert-OH is 1. The molecule has 1 aromatic carbocycles. The molecule has 2 nitrogen and oxygen atoms in total. The molecule has 2 atom stereocenters. The van der Waals surface area contributed by atoms with E-state index in [9.17, 15) is 18.3 Å². The summed E-state index contributed by atoms with van der Waals surface area (Å²) < 4.78 is 36.6. The van der Waals surface area contributed by atoms with Crippen molar-refractivity contribution in [2.75, 3.05) is 0 Å². The number of alkyl halides is 3. The first-order valence-corrected chi connectivity index (χ1v) is 7.52. The summed E-state index contributed by atoms with van der Waals surface area (Å²) in [5, 5.41) is 13.1. The van der Waals surface area contributed by atoms with Crippen LogP contribution in [0.5, 0.6) is 0 Å². The fraction of sp³-hybridized carbons (Fsp3) is 0.571. The number of hydrogen-bond acceptors (Lipinski definition) is 3. The molecule has 1 aromatic rings. The van der Waals surface area contributed by atoms with Crippen LogP contribution < -0.4 is 5.32 Å². The summed E-state index contributed by atoms with van der Waals surface area (Å²) in [4.78, 5) is 0.193. The lowest BCUT2D eigenvalue weighted by molar-refractivity contribution is -0.0328. The van der Waals surface area contributed by atoms with E-state index in [1.807, 2.05) is 0 Å². The predicted molar refractivity (Wildman–Crippen MR) is 73.5 cm³/mol. The molecule has 112 valence electrons. The van der Waals surface area contributed by atoms with Crippen molar-refractivity contribution in [1.82, 2.24) is 5.32 Å². The predicted octanol–water partition coefficient (Wildman–Crippen LogP) is 3.69. The van der Waals surface area contributed by atoms with Crippen molar-refractivity contribution >= 4 is 11.8 Å². The second kappa shape index (κ2) is 6.83. The molecule has 0 amide bonds. The molecule has 0 bridgehead atoms. The highest BCUT2D eigenvalue weighted by molar-refractivity contribution is 8.00. The summed E-state index contributed by atoms with van der Waals surface area (Å²) in [6.07, 6.45) is 3.62. The van der Waals surface area contributed by atoms with Gasteiger partial charge in [-0.05, 0) is 42.3 Å². The molecule has 0 aliphatic heterocycles. The largest absolute Gasteiger partial charge is 0.446 e. The molecule has 1 aliphatic rings. The van der Waals surface area contributed by atoms with Crippen LogP contribution in [0.25, 0.3) is 0 Å². The molecule has 0 unspecified atom stereocenters. The fourth-order valence-corrected chi connectivity index (χ4v) is 2.95. The number of thioether (sulfide) groups is 1. The molecule has 20 heavy (non-hydrogen) atoms. The van der Waals surface area contributed by atoms with Gasteiger partial charge in [-0.1, -0.05) is 25.0 Å². The Labute approximate surface area is 120 Å². The Bertz CT molecular complexity index is 421. The average molecular weight is 305 g/mol. The Balaban J connectivity index is 1.84. The molecule has 1 fully saturated rings. The van der Waals surface area contributed by atoms with Crippen LogP contribution in [0, 0.1) is 0 Å². The normalized spacial score (nSPS) is 23.8. The molecule has 0 heterocycles. The maximum atomic E-state index is 12.2. The van der Waals surface area contributed by atoms with Gasteiger partial charge in [-0.2, -0.15) is 13.2 Å². The Morgan fingerprint density at radius 3 is 2.40 bits per heavy atom. The van der Waals surface area contributed by atoms with Gasteiger partial charge in [-0.25, -0.2) is 0 Å². The summed E-state index contributed by atoms with van der Waals surface area (Å²) in [7, 11) is 0. The minimum absolute atomic E-state index is 0.0907. The minimum atomic E-state index is -4.24. The van der Waals surface area contributed by atoms with Gasteiger partial charge in [-0.15, -0.1) is 0 Å². The summed E-state index contributed by atoms with van der Waals surface area (Å²) in [5.41, 5.74) is -3.32. The third-order valence-corrected chi connectivity index (χ3v) is 4.19. The first kappa shape index (κ1) is 15.7. The number of rotatable bonds is 4. The lowest BCUT2D eigenvalue weighted by atomic mass is 9.92. The highest BCUT2D eigenvalue weighted by Gasteiger charge is 2.29. The van der Waals surface area contributed by atoms with Crippen molar-refractivity contribution < 1.29 is 18.3 Å². The van der Waals surface area contributed by atoms with E-state index >= 15 is 0 Å². The zero-order valence-electron chi connectivity index (χ0n) is 11.0. The van der Waals surface area contributed by atoms with Crippen molar-refractivity contribution in [3.63, 3.8) is 0 Å². The van der Waals surface area contributed by atoms with E-state index in [-0.39, 0.29) is 28.8 Å². The topological polar surface area (TPSA) is 32.3 Å². The van der Waals surface area contributed by atoms with Crippen molar-refractivity contribution in [2.24, 2.45) is 0 Å². The van der Waals surface area contributed by atoms with Crippen LogP contribution in [0.3, 0.4) is 0 Å². The SMILES string of the molecule is O[C@@H]1CCCC[C@H]1NCc1ccc(SC(F)(F)F)cc1. The van der Waals surface area contributed by atoms with E-state index in [1.165, 1.54) is 12.1 Å². The molecule has 0 radical (unpaired) electrons. The van der Waals surface area contributed by atoms with Crippen LogP contribution >= 0.6 is 11.8 Å². The lowest BCUT2D eigenvalue weighted by Crippen LogP contribution is -2.41. The van der Waals surface area contributed by atoms with Crippen LogP contribution in [0.2, 0.25) is 0 Å². The quantitative estimate of drug-likeness (QED) is 0.832. The van der Waals surface area contributed by atoms with Gasteiger partial charge in [-0.3, -0.25) is 0 Å². The van der Waals surface area contributed by atoms with Gasteiger partial charge in [0.2, 0.25) is 0 Å². The molecule has 0 saturated heterocycles. The Morgan fingerprint density at radius 1 is 1.15 bits per heavy atom. The highest BCUT2D eigenvalue weighted by Crippen LogP contribution is 2.36. The molecule has 6 heteroatoms. The smallest absolute Gasteiger partial charge is 0.392 e. The fourth-order valence-electron chi connectivity index (χ4n) is 2.41. The number of hydrogen-bond donors (Lipinski definition) is 2. The molecule has 1 saturated carbocycles. The van der Waals surface area contributed by atoms with Gasteiger partial charge in [0.05, 0.1) is 6.10 Å². The van der Waals surface area contributed by atoms with Gasteiger partial charge in [0.25, 0.3) is 0 Å².